The monoisotopic (exact) mass is 341 g/mol. The van der Waals surface area contributed by atoms with Gasteiger partial charge < -0.3 is 4.74 Å². The van der Waals surface area contributed by atoms with Crippen molar-refractivity contribution in [3.8, 4) is 0 Å². The predicted octanol–water partition coefficient (Wildman–Crippen LogP) is 2.61. The van der Waals surface area contributed by atoms with Crippen molar-refractivity contribution < 1.29 is 13.2 Å². The zero-order valence-electron chi connectivity index (χ0n) is 9.61. The van der Waals surface area contributed by atoms with Crippen molar-refractivity contribution in [3.63, 3.8) is 0 Å². The molecule has 1 aromatic rings. The molecule has 0 aliphatic rings. The Hall–Kier alpha value is 0.0500. The summed E-state index contributed by atoms with van der Waals surface area (Å²) in [4.78, 5) is 0. The summed E-state index contributed by atoms with van der Waals surface area (Å²) in [6, 6.07) is 3.30. The van der Waals surface area contributed by atoms with Crippen molar-refractivity contribution in [2.75, 3.05) is 19.8 Å². The summed E-state index contributed by atoms with van der Waals surface area (Å²) in [5.74, 6) is 0. The molecule has 1 N–H and O–H groups in total. The fraction of sp³-hybridized carbons (Fsp3) is 0.600. The van der Waals surface area contributed by atoms with E-state index in [1.807, 2.05) is 0 Å². The largest absolute Gasteiger partial charge is 0.380 e. The Labute approximate surface area is 115 Å². The van der Waals surface area contributed by atoms with Crippen molar-refractivity contribution in [1.82, 2.24) is 4.72 Å². The molecule has 7 heteroatoms. The van der Waals surface area contributed by atoms with Crippen LogP contribution in [-0.2, 0) is 14.8 Å². The Morgan fingerprint density at radius 1 is 1.41 bits per heavy atom. The van der Waals surface area contributed by atoms with Crippen LogP contribution < -0.4 is 4.72 Å². The lowest BCUT2D eigenvalue weighted by molar-refractivity contribution is 0.136. The molecule has 0 amide bonds. The highest BCUT2D eigenvalue weighted by Crippen LogP contribution is 2.25. The molecule has 1 rings (SSSR count). The minimum absolute atomic E-state index is 0.307. The van der Waals surface area contributed by atoms with Gasteiger partial charge in [-0.25, -0.2) is 13.1 Å². The molecule has 4 nitrogen and oxygen atoms in total. The summed E-state index contributed by atoms with van der Waals surface area (Å²) < 4.78 is 32.4. The van der Waals surface area contributed by atoms with E-state index < -0.39 is 10.0 Å². The minimum Gasteiger partial charge on any atom is -0.380 e. The first-order valence-electron chi connectivity index (χ1n) is 5.39. The van der Waals surface area contributed by atoms with Gasteiger partial charge in [0.2, 0.25) is 10.0 Å². The van der Waals surface area contributed by atoms with Crippen LogP contribution in [0.25, 0.3) is 0 Å². The number of nitrogens with one attached hydrogen (secondary N) is 1. The Morgan fingerprint density at radius 2 is 2.18 bits per heavy atom. The number of hydrogen-bond acceptors (Lipinski definition) is 4. The third kappa shape index (κ3) is 5.48. The Kier molecular flexibility index (Phi) is 6.65. The number of unbranched alkanes of at least 4 members (excludes halogenated alkanes) is 1. The van der Waals surface area contributed by atoms with Gasteiger partial charge >= 0.3 is 0 Å². The second-order valence-corrected chi connectivity index (χ2v) is 7.88. The predicted molar refractivity (Wildman–Crippen MR) is 72.9 cm³/mol. The van der Waals surface area contributed by atoms with E-state index in [-0.39, 0.29) is 0 Å². The van der Waals surface area contributed by atoms with E-state index in [9.17, 15) is 8.42 Å². The zero-order chi connectivity index (χ0) is 12.7. The maximum Gasteiger partial charge on any atom is 0.250 e. The third-order valence-corrected chi connectivity index (χ3v) is 5.57. The highest BCUT2D eigenvalue weighted by Gasteiger charge is 2.15. The first kappa shape index (κ1) is 15.1. The van der Waals surface area contributed by atoms with Gasteiger partial charge in [-0.15, -0.1) is 11.3 Å². The molecule has 0 saturated heterocycles. The summed E-state index contributed by atoms with van der Waals surface area (Å²) in [5, 5.41) is 0. The van der Waals surface area contributed by atoms with E-state index in [1.165, 1.54) is 11.3 Å². The van der Waals surface area contributed by atoms with Gasteiger partial charge in [0.05, 0.1) is 10.4 Å². The maximum absolute atomic E-state index is 11.8. The highest BCUT2D eigenvalue weighted by atomic mass is 79.9. The van der Waals surface area contributed by atoms with E-state index in [1.54, 1.807) is 12.1 Å². The summed E-state index contributed by atoms with van der Waals surface area (Å²) in [5.41, 5.74) is 0. The summed E-state index contributed by atoms with van der Waals surface area (Å²) in [6.45, 7) is 3.48. The zero-order valence-corrected chi connectivity index (χ0v) is 12.8. The maximum atomic E-state index is 11.8. The Morgan fingerprint density at radius 3 is 2.76 bits per heavy atom. The molecule has 1 heterocycles. The van der Waals surface area contributed by atoms with Crippen LogP contribution in [0, 0.1) is 0 Å². The van der Waals surface area contributed by atoms with Crippen LogP contribution in [0.5, 0.6) is 0 Å². The van der Waals surface area contributed by atoms with Crippen LogP contribution in [0.3, 0.4) is 0 Å². The SMILES string of the molecule is CCCCOCCNS(=O)(=O)c1ccc(Br)s1. The number of hydrogen-bond donors (Lipinski definition) is 1. The molecule has 0 bridgehead atoms. The van der Waals surface area contributed by atoms with Gasteiger partial charge in [0.1, 0.15) is 4.21 Å². The molecule has 0 radical (unpaired) electrons. The molecule has 0 aliphatic carbocycles. The molecule has 0 unspecified atom stereocenters. The number of thiophene rings is 1. The number of rotatable bonds is 8. The average Bonchev–Trinajstić information content (AvgIpc) is 2.71. The van der Waals surface area contributed by atoms with E-state index in [0.29, 0.717) is 24.0 Å². The van der Waals surface area contributed by atoms with Crippen molar-refractivity contribution in [2.45, 2.75) is 24.0 Å². The molecule has 98 valence electrons. The smallest absolute Gasteiger partial charge is 0.250 e. The van der Waals surface area contributed by atoms with Crippen molar-refractivity contribution in [1.29, 1.82) is 0 Å². The minimum atomic E-state index is -3.37. The van der Waals surface area contributed by atoms with Gasteiger partial charge in [0, 0.05) is 13.2 Å². The summed E-state index contributed by atoms with van der Waals surface area (Å²) in [7, 11) is -3.37. The highest BCUT2D eigenvalue weighted by molar-refractivity contribution is 9.11. The van der Waals surface area contributed by atoms with Crippen molar-refractivity contribution in [2.24, 2.45) is 0 Å². The average molecular weight is 342 g/mol. The second-order valence-electron chi connectivity index (χ2n) is 3.42. The molecular formula is C10H16BrNO3S2. The van der Waals surface area contributed by atoms with Crippen LogP contribution in [0.15, 0.2) is 20.1 Å². The number of halogens is 1. The van der Waals surface area contributed by atoms with Crippen LogP contribution in [-0.4, -0.2) is 28.2 Å². The normalized spacial score (nSPS) is 11.9. The van der Waals surface area contributed by atoms with E-state index in [4.69, 9.17) is 4.74 Å². The fourth-order valence-corrected chi connectivity index (χ4v) is 4.18. The van der Waals surface area contributed by atoms with Crippen LogP contribution in [0.4, 0.5) is 0 Å². The first-order chi connectivity index (χ1) is 8.06. The lowest BCUT2D eigenvalue weighted by Crippen LogP contribution is -2.26. The third-order valence-electron chi connectivity index (χ3n) is 1.99. The fourth-order valence-electron chi connectivity index (χ4n) is 1.11. The number of ether oxygens (including phenoxy) is 1. The molecule has 0 atom stereocenters. The Balaban J connectivity index is 2.31. The first-order valence-corrected chi connectivity index (χ1v) is 8.48. The van der Waals surface area contributed by atoms with Gasteiger partial charge in [-0.05, 0) is 34.5 Å². The van der Waals surface area contributed by atoms with Gasteiger partial charge in [0.25, 0.3) is 0 Å². The summed E-state index contributed by atoms with van der Waals surface area (Å²) in [6.07, 6.45) is 2.08. The van der Waals surface area contributed by atoms with Gasteiger partial charge in [-0.2, -0.15) is 0 Å². The molecule has 1 aromatic heterocycles. The van der Waals surface area contributed by atoms with E-state index >= 15 is 0 Å². The topological polar surface area (TPSA) is 55.4 Å². The lowest BCUT2D eigenvalue weighted by atomic mass is 10.4. The lowest BCUT2D eigenvalue weighted by Gasteiger charge is -2.05. The van der Waals surface area contributed by atoms with Crippen LogP contribution in [0.2, 0.25) is 0 Å². The van der Waals surface area contributed by atoms with E-state index in [0.717, 1.165) is 16.6 Å². The molecule has 0 aliphatic heterocycles. The quantitative estimate of drug-likeness (QED) is 0.739. The van der Waals surface area contributed by atoms with Gasteiger partial charge in [-0.3, -0.25) is 0 Å². The number of sulfonamides is 1. The van der Waals surface area contributed by atoms with Crippen molar-refractivity contribution in [3.05, 3.63) is 15.9 Å². The standard InChI is InChI=1S/C10H16BrNO3S2/c1-2-3-7-15-8-6-12-17(13,14)10-5-4-9(11)16-10/h4-5,12H,2-3,6-8H2,1H3. The molecule has 0 fully saturated rings. The van der Waals surface area contributed by atoms with Crippen LogP contribution in [0.1, 0.15) is 19.8 Å². The molecule has 0 saturated carbocycles. The Bertz CT molecular complexity index is 431. The van der Waals surface area contributed by atoms with E-state index in [2.05, 4.69) is 27.6 Å². The summed E-state index contributed by atoms with van der Waals surface area (Å²) >= 11 is 4.43. The van der Waals surface area contributed by atoms with Gasteiger partial charge in [-0.1, -0.05) is 13.3 Å². The van der Waals surface area contributed by atoms with Crippen LogP contribution >= 0.6 is 27.3 Å². The molecule has 0 aromatic carbocycles. The molecule has 0 spiro atoms. The second kappa shape index (κ2) is 7.48. The van der Waals surface area contributed by atoms with Crippen molar-refractivity contribution >= 4 is 37.3 Å². The molecule has 17 heavy (non-hydrogen) atoms. The van der Waals surface area contributed by atoms with Gasteiger partial charge in [0.15, 0.2) is 0 Å². The molecular weight excluding hydrogens is 326 g/mol.